The molecule has 7 heteroatoms. The second-order valence-electron chi connectivity index (χ2n) is 5.33. The third kappa shape index (κ3) is 5.77. The Hall–Kier alpha value is -2.57. The van der Waals surface area contributed by atoms with Gasteiger partial charge in [0.1, 0.15) is 5.75 Å². The third-order valence-corrected chi connectivity index (χ3v) is 3.57. The fraction of sp³-hybridized carbons (Fsp3) is 0.222. The van der Waals surface area contributed by atoms with Gasteiger partial charge in [0, 0.05) is 12.1 Å². The number of benzene rings is 2. The van der Waals surface area contributed by atoms with Crippen LogP contribution in [-0.2, 0) is 4.79 Å². The van der Waals surface area contributed by atoms with Crippen LogP contribution in [0.4, 0.5) is 5.69 Å². The fourth-order valence-electron chi connectivity index (χ4n) is 2.06. The van der Waals surface area contributed by atoms with E-state index in [0.717, 1.165) is 5.56 Å². The van der Waals surface area contributed by atoms with E-state index in [9.17, 15) is 9.59 Å². The lowest BCUT2D eigenvalue weighted by Crippen LogP contribution is -2.26. The number of nitrogens with one attached hydrogen (secondary N) is 2. The minimum absolute atomic E-state index is 0.135. The summed E-state index contributed by atoms with van der Waals surface area (Å²) in [6.45, 7) is 1.73. The summed E-state index contributed by atoms with van der Waals surface area (Å²) < 4.78 is 5.41. The zero-order valence-electron chi connectivity index (χ0n) is 13.7. The molecule has 0 aliphatic rings. The molecule has 3 N–H and O–H groups in total. The summed E-state index contributed by atoms with van der Waals surface area (Å²) >= 11 is 6.07. The van der Waals surface area contributed by atoms with Crippen LogP contribution >= 0.6 is 11.6 Å². The van der Waals surface area contributed by atoms with Crippen LogP contribution < -0.4 is 15.4 Å². The smallest absolute Gasteiger partial charge is 0.262 e. The SMILES string of the molecule is Cc1ccc(NC(=O)COc2cccc(C(=O)NCCO)c2)c(Cl)c1. The van der Waals surface area contributed by atoms with E-state index < -0.39 is 0 Å². The van der Waals surface area contributed by atoms with Crippen molar-refractivity contribution in [1.29, 1.82) is 0 Å². The highest BCUT2D eigenvalue weighted by Gasteiger charge is 2.09. The molecule has 2 aromatic rings. The number of halogens is 1. The number of amides is 2. The van der Waals surface area contributed by atoms with E-state index in [4.69, 9.17) is 21.4 Å². The van der Waals surface area contributed by atoms with Crippen LogP contribution in [0.1, 0.15) is 15.9 Å². The second kappa shape index (κ2) is 9.05. The Balaban J connectivity index is 1.92. The van der Waals surface area contributed by atoms with Gasteiger partial charge in [-0.15, -0.1) is 0 Å². The zero-order chi connectivity index (χ0) is 18.2. The van der Waals surface area contributed by atoms with Gasteiger partial charge >= 0.3 is 0 Å². The standard InChI is InChI=1S/C18H19ClN2O4/c1-12-5-6-16(15(19)9-12)21-17(23)11-25-14-4-2-3-13(10-14)18(24)20-7-8-22/h2-6,9-10,22H,7-8,11H2,1H3,(H,20,24)(H,21,23). The molecule has 2 amide bonds. The number of carbonyl (C=O) groups is 2. The molecule has 2 rings (SSSR count). The summed E-state index contributed by atoms with van der Waals surface area (Å²) in [7, 11) is 0. The molecule has 0 unspecified atom stereocenters. The van der Waals surface area contributed by atoms with Crippen molar-refractivity contribution in [2.75, 3.05) is 25.1 Å². The molecule has 0 saturated heterocycles. The zero-order valence-corrected chi connectivity index (χ0v) is 14.5. The maximum atomic E-state index is 12.0. The molecular formula is C18H19ClN2O4. The van der Waals surface area contributed by atoms with Crippen LogP contribution in [0.5, 0.6) is 5.75 Å². The molecule has 2 aromatic carbocycles. The van der Waals surface area contributed by atoms with E-state index in [1.807, 2.05) is 13.0 Å². The minimum Gasteiger partial charge on any atom is -0.484 e. The predicted octanol–water partition coefficient (Wildman–Crippen LogP) is 2.39. The number of hydrogen-bond donors (Lipinski definition) is 3. The molecule has 0 saturated carbocycles. The number of aliphatic hydroxyl groups excluding tert-OH is 1. The lowest BCUT2D eigenvalue weighted by molar-refractivity contribution is -0.118. The van der Waals surface area contributed by atoms with Crippen LogP contribution in [0.15, 0.2) is 42.5 Å². The lowest BCUT2D eigenvalue weighted by Gasteiger charge is -2.10. The molecule has 0 radical (unpaired) electrons. The van der Waals surface area contributed by atoms with E-state index in [1.165, 1.54) is 6.07 Å². The minimum atomic E-state index is -0.360. The molecule has 0 fully saturated rings. The van der Waals surface area contributed by atoms with Gasteiger partial charge in [-0.3, -0.25) is 9.59 Å². The lowest BCUT2D eigenvalue weighted by atomic mass is 10.2. The molecule has 0 bridgehead atoms. The highest BCUT2D eigenvalue weighted by molar-refractivity contribution is 6.33. The van der Waals surface area contributed by atoms with Crippen molar-refractivity contribution in [3.05, 3.63) is 58.6 Å². The van der Waals surface area contributed by atoms with E-state index >= 15 is 0 Å². The fourth-order valence-corrected chi connectivity index (χ4v) is 2.34. The van der Waals surface area contributed by atoms with Crippen LogP contribution in [0.3, 0.4) is 0 Å². The Labute approximate surface area is 150 Å². The molecule has 6 nitrogen and oxygen atoms in total. The van der Waals surface area contributed by atoms with Gasteiger partial charge in [0.25, 0.3) is 11.8 Å². The van der Waals surface area contributed by atoms with Crippen LogP contribution in [0.2, 0.25) is 5.02 Å². The van der Waals surface area contributed by atoms with Gasteiger partial charge in [0.2, 0.25) is 0 Å². The maximum absolute atomic E-state index is 12.0. The van der Waals surface area contributed by atoms with E-state index in [1.54, 1.807) is 30.3 Å². The summed E-state index contributed by atoms with van der Waals surface area (Å²) in [5.41, 5.74) is 1.89. The van der Waals surface area contributed by atoms with Crippen molar-refractivity contribution in [3.63, 3.8) is 0 Å². The number of aryl methyl sites for hydroxylation is 1. The van der Waals surface area contributed by atoms with Gasteiger partial charge in [0.05, 0.1) is 17.3 Å². The molecule has 0 aliphatic carbocycles. The molecule has 0 aromatic heterocycles. The van der Waals surface area contributed by atoms with Gasteiger partial charge in [-0.25, -0.2) is 0 Å². The summed E-state index contributed by atoms with van der Waals surface area (Å²) in [6.07, 6.45) is 0. The average molecular weight is 363 g/mol. The molecule has 25 heavy (non-hydrogen) atoms. The first-order valence-corrected chi connectivity index (χ1v) is 8.05. The topological polar surface area (TPSA) is 87.7 Å². The van der Waals surface area contributed by atoms with E-state index in [-0.39, 0.29) is 31.6 Å². The molecule has 0 atom stereocenters. The maximum Gasteiger partial charge on any atom is 0.262 e. The van der Waals surface area contributed by atoms with E-state index in [0.29, 0.717) is 22.0 Å². The monoisotopic (exact) mass is 362 g/mol. The normalized spacial score (nSPS) is 10.2. The van der Waals surface area contributed by atoms with E-state index in [2.05, 4.69) is 10.6 Å². The number of ether oxygens (including phenoxy) is 1. The number of hydrogen-bond acceptors (Lipinski definition) is 4. The largest absolute Gasteiger partial charge is 0.484 e. The van der Waals surface area contributed by atoms with Crippen LogP contribution in [-0.4, -0.2) is 36.7 Å². The summed E-state index contributed by atoms with van der Waals surface area (Å²) in [5.74, 6) is -0.293. The van der Waals surface area contributed by atoms with Crippen LogP contribution in [0.25, 0.3) is 0 Å². The highest BCUT2D eigenvalue weighted by atomic mass is 35.5. The molecule has 0 heterocycles. The van der Waals surface area contributed by atoms with Gasteiger partial charge in [-0.1, -0.05) is 23.7 Å². The summed E-state index contributed by atoms with van der Waals surface area (Å²) in [6, 6.07) is 11.8. The molecule has 132 valence electrons. The van der Waals surface area contributed by atoms with Crippen molar-refractivity contribution in [2.45, 2.75) is 6.92 Å². The van der Waals surface area contributed by atoms with Gasteiger partial charge in [-0.2, -0.15) is 0 Å². The Morgan fingerprint density at radius 2 is 2.00 bits per heavy atom. The first-order valence-electron chi connectivity index (χ1n) is 7.67. The Kier molecular flexibility index (Phi) is 6.80. The van der Waals surface area contributed by atoms with Crippen molar-refractivity contribution >= 4 is 29.1 Å². The summed E-state index contributed by atoms with van der Waals surface area (Å²) in [4.78, 5) is 23.8. The quantitative estimate of drug-likeness (QED) is 0.705. The molecule has 0 aliphatic heterocycles. The first-order chi connectivity index (χ1) is 12.0. The van der Waals surface area contributed by atoms with Crippen molar-refractivity contribution < 1.29 is 19.4 Å². The van der Waals surface area contributed by atoms with Crippen molar-refractivity contribution in [1.82, 2.24) is 5.32 Å². The second-order valence-corrected chi connectivity index (χ2v) is 5.73. The highest BCUT2D eigenvalue weighted by Crippen LogP contribution is 2.22. The number of rotatable bonds is 7. The van der Waals surface area contributed by atoms with Gasteiger partial charge in [0.15, 0.2) is 6.61 Å². The van der Waals surface area contributed by atoms with Crippen molar-refractivity contribution in [3.8, 4) is 5.75 Å². The molecular weight excluding hydrogens is 344 g/mol. The van der Waals surface area contributed by atoms with Gasteiger partial charge in [-0.05, 0) is 42.8 Å². The van der Waals surface area contributed by atoms with Crippen LogP contribution in [0, 0.1) is 6.92 Å². The Morgan fingerprint density at radius 3 is 2.72 bits per heavy atom. The number of anilines is 1. The Morgan fingerprint density at radius 1 is 1.20 bits per heavy atom. The van der Waals surface area contributed by atoms with Crippen molar-refractivity contribution in [2.24, 2.45) is 0 Å². The summed E-state index contributed by atoms with van der Waals surface area (Å²) in [5, 5.41) is 14.4. The third-order valence-electron chi connectivity index (χ3n) is 3.26. The first kappa shape index (κ1) is 18.8. The average Bonchev–Trinajstić information content (AvgIpc) is 2.60. The number of carbonyl (C=O) groups excluding carboxylic acids is 2. The van der Waals surface area contributed by atoms with Gasteiger partial charge < -0.3 is 20.5 Å². The Bertz CT molecular complexity index is 764. The predicted molar refractivity (Wildman–Crippen MR) is 96.2 cm³/mol. The molecule has 0 spiro atoms. The number of aliphatic hydroxyl groups is 1.